The molecule has 21 heavy (non-hydrogen) atoms. The molecule has 0 saturated carbocycles. The first-order valence-electron chi connectivity index (χ1n) is 6.62. The van der Waals surface area contributed by atoms with Crippen LogP contribution >= 0.6 is 23.4 Å². The predicted molar refractivity (Wildman–Crippen MR) is 85.8 cm³/mol. The molecule has 0 fully saturated rings. The lowest BCUT2D eigenvalue weighted by atomic mass is 10.2. The van der Waals surface area contributed by atoms with Crippen LogP contribution in [0.3, 0.4) is 0 Å². The maximum absolute atomic E-state index is 11.7. The van der Waals surface area contributed by atoms with E-state index in [1.807, 2.05) is 0 Å². The first-order chi connectivity index (χ1) is 10.1. The van der Waals surface area contributed by atoms with Crippen molar-refractivity contribution in [2.24, 2.45) is 0 Å². The number of carbonyl (C=O) groups is 2. The molecule has 1 aromatic rings. The Labute approximate surface area is 133 Å². The first-order valence-corrected chi connectivity index (χ1v) is 8.16. The summed E-state index contributed by atoms with van der Waals surface area (Å²) in [6.45, 7) is 0.685. The molecule has 0 aliphatic rings. The molecule has 5 nitrogen and oxygen atoms in total. The van der Waals surface area contributed by atoms with E-state index in [-0.39, 0.29) is 25.0 Å². The van der Waals surface area contributed by atoms with Gasteiger partial charge in [-0.15, -0.1) is 0 Å². The third kappa shape index (κ3) is 7.94. The van der Waals surface area contributed by atoms with Gasteiger partial charge in [-0.1, -0.05) is 11.6 Å². The number of thioether (sulfide) groups is 1. The Morgan fingerprint density at radius 3 is 2.52 bits per heavy atom. The molecule has 1 rings (SSSR count). The monoisotopic (exact) mass is 330 g/mol. The number of aliphatic hydroxyl groups excluding tert-OH is 1. The van der Waals surface area contributed by atoms with Crippen molar-refractivity contribution < 1.29 is 14.7 Å². The van der Waals surface area contributed by atoms with Crippen molar-refractivity contribution in [1.82, 2.24) is 10.6 Å². The summed E-state index contributed by atoms with van der Waals surface area (Å²) in [5.41, 5.74) is 0.465. The topological polar surface area (TPSA) is 78.4 Å². The van der Waals surface area contributed by atoms with Crippen molar-refractivity contribution in [2.75, 3.05) is 31.2 Å². The molecule has 7 heteroatoms. The molecule has 1 aromatic carbocycles. The number of hydrogen-bond acceptors (Lipinski definition) is 4. The minimum Gasteiger partial charge on any atom is -0.396 e. The molecular formula is C14H19ClN2O3S. The zero-order chi connectivity index (χ0) is 15.5. The van der Waals surface area contributed by atoms with Gasteiger partial charge in [-0.25, -0.2) is 0 Å². The van der Waals surface area contributed by atoms with Crippen LogP contribution in [0.1, 0.15) is 16.8 Å². The molecule has 0 unspecified atom stereocenters. The van der Waals surface area contributed by atoms with E-state index in [0.29, 0.717) is 17.1 Å². The lowest BCUT2D eigenvalue weighted by molar-refractivity contribution is -0.120. The Bertz CT molecular complexity index is 454. The third-order valence-corrected chi connectivity index (χ3v) is 3.85. The molecule has 0 atom stereocenters. The molecule has 0 saturated heterocycles. The van der Waals surface area contributed by atoms with E-state index in [4.69, 9.17) is 16.7 Å². The number of rotatable bonds is 9. The van der Waals surface area contributed by atoms with Crippen molar-refractivity contribution in [2.45, 2.75) is 6.42 Å². The molecule has 0 radical (unpaired) electrons. The summed E-state index contributed by atoms with van der Waals surface area (Å²) in [6.07, 6.45) is 0.760. The highest BCUT2D eigenvalue weighted by Gasteiger charge is 2.07. The maximum Gasteiger partial charge on any atom is 0.251 e. The van der Waals surface area contributed by atoms with E-state index in [9.17, 15) is 9.59 Å². The normalized spacial score (nSPS) is 10.2. The fraction of sp³-hybridized carbons (Fsp3) is 0.429. The van der Waals surface area contributed by atoms with Gasteiger partial charge in [-0.05, 0) is 36.4 Å². The molecule has 0 aliphatic heterocycles. The van der Waals surface area contributed by atoms with Gasteiger partial charge in [-0.3, -0.25) is 9.59 Å². The van der Waals surface area contributed by atoms with E-state index in [1.54, 1.807) is 36.0 Å². The molecule has 0 aromatic heterocycles. The van der Waals surface area contributed by atoms with E-state index < -0.39 is 0 Å². The number of halogens is 1. The zero-order valence-corrected chi connectivity index (χ0v) is 13.2. The van der Waals surface area contributed by atoms with E-state index in [0.717, 1.165) is 17.9 Å². The van der Waals surface area contributed by atoms with Crippen LogP contribution in [0.5, 0.6) is 0 Å². The van der Waals surface area contributed by atoms with Gasteiger partial charge in [0.1, 0.15) is 0 Å². The van der Waals surface area contributed by atoms with Crippen molar-refractivity contribution in [3.63, 3.8) is 0 Å². The van der Waals surface area contributed by atoms with Crippen LogP contribution < -0.4 is 10.6 Å². The minimum atomic E-state index is -0.306. The highest BCUT2D eigenvalue weighted by Crippen LogP contribution is 2.09. The van der Waals surface area contributed by atoms with Crippen LogP contribution in [-0.4, -0.2) is 48.1 Å². The van der Waals surface area contributed by atoms with Gasteiger partial charge in [0.25, 0.3) is 5.91 Å². The second-order valence-electron chi connectivity index (χ2n) is 4.23. The highest BCUT2D eigenvalue weighted by atomic mass is 35.5. The van der Waals surface area contributed by atoms with Gasteiger partial charge in [0, 0.05) is 29.5 Å². The Hall–Kier alpha value is -1.24. The fourth-order valence-corrected chi connectivity index (χ4v) is 2.37. The summed E-state index contributed by atoms with van der Waals surface area (Å²) in [5.74, 6) is 1.13. The standard InChI is InChI=1S/C14H19ClN2O3S/c15-12-4-2-11(3-5-12)14(20)17-10-13(19)16-6-9-21-8-1-7-18/h2-5,18H,1,6-10H2,(H,16,19)(H,17,20). The smallest absolute Gasteiger partial charge is 0.251 e. The number of nitrogens with one attached hydrogen (secondary N) is 2. The molecular weight excluding hydrogens is 312 g/mol. The summed E-state index contributed by atoms with van der Waals surface area (Å²) in [6, 6.07) is 6.46. The van der Waals surface area contributed by atoms with Crippen molar-refractivity contribution >= 4 is 35.2 Å². The molecule has 3 N–H and O–H groups in total. The molecule has 0 heterocycles. The second kappa shape index (κ2) is 10.5. The van der Waals surface area contributed by atoms with Crippen LogP contribution in [0.25, 0.3) is 0 Å². The van der Waals surface area contributed by atoms with Gasteiger partial charge < -0.3 is 15.7 Å². The number of aliphatic hydroxyl groups is 1. The number of carbonyl (C=O) groups excluding carboxylic acids is 2. The van der Waals surface area contributed by atoms with E-state index in [1.165, 1.54) is 0 Å². The molecule has 0 spiro atoms. The van der Waals surface area contributed by atoms with E-state index in [2.05, 4.69) is 10.6 Å². The number of hydrogen-bond donors (Lipinski definition) is 3. The fourth-order valence-electron chi connectivity index (χ4n) is 1.46. The Balaban J connectivity index is 2.15. The zero-order valence-electron chi connectivity index (χ0n) is 11.6. The Kier molecular flexibility index (Phi) is 8.89. The van der Waals surface area contributed by atoms with Gasteiger partial charge in [0.2, 0.25) is 5.91 Å². The Morgan fingerprint density at radius 1 is 1.14 bits per heavy atom. The predicted octanol–water partition coefficient (Wildman–Crippen LogP) is 1.30. The van der Waals surface area contributed by atoms with Gasteiger partial charge in [-0.2, -0.15) is 11.8 Å². The molecule has 2 amide bonds. The van der Waals surface area contributed by atoms with Gasteiger partial charge in [0.15, 0.2) is 0 Å². The SMILES string of the molecule is O=C(CNC(=O)c1ccc(Cl)cc1)NCCSCCCO. The van der Waals surface area contributed by atoms with Crippen LogP contribution in [0.15, 0.2) is 24.3 Å². The summed E-state index contributed by atoms with van der Waals surface area (Å²) < 4.78 is 0. The van der Waals surface area contributed by atoms with E-state index >= 15 is 0 Å². The van der Waals surface area contributed by atoms with Crippen molar-refractivity contribution in [3.05, 3.63) is 34.9 Å². The lowest BCUT2D eigenvalue weighted by Crippen LogP contribution is -2.37. The number of amides is 2. The largest absolute Gasteiger partial charge is 0.396 e. The van der Waals surface area contributed by atoms with Crippen LogP contribution in [0.4, 0.5) is 0 Å². The Morgan fingerprint density at radius 2 is 1.86 bits per heavy atom. The third-order valence-electron chi connectivity index (χ3n) is 2.53. The first kappa shape index (κ1) is 17.8. The summed E-state index contributed by atoms with van der Waals surface area (Å²) in [4.78, 5) is 23.3. The van der Waals surface area contributed by atoms with Crippen LogP contribution in [0, 0.1) is 0 Å². The maximum atomic E-state index is 11.7. The van der Waals surface area contributed by atoms with Crippen LogP contribution in [-0.2, 0) is 4.79 Å². The quantitative estimate of drug-likeness (QED) is 0.596. The lowest BCUT2D eigenvalue weighted by Gasteiger charge is -2.07. The highest BCUT2D eigenvalue weighted by molar-refractivity contribution is 7.99. The molecule has 116 valence electrons. The van der Waals surface area contributed by atoms with Crippen molar-refractivity contribution in [3.8, 4) is 0 Å². The summed E-state index contributed by atoms with van der Waals surface area (Å²) in [5, 5.41) is 14.4. The minimum absolute atomic E-state index is 0.0528. The average molecular weight is 331 g/mol. The summed E-state index contributed by atoms with van der Waals surface area (Å²) >= 11 is 7.40. The molecule has 0 bridgehead atoms. The summed E-state index contributed by atoms with van der Waals surface area (Å²) in [7, 11) is 0. The van der Waals surface area contributed by atoms with Crippen molar-refractivity contribution in [1.29, 1.82) is 0 Å². The second-order valence-corrected chi connectivity index (χ2v) is 5.89. The van der Waals surface area contributed by atoms with Gasteiger partial charge >= 0.3 is 0 Å². The van der Waals surface area contributed by atoms with Gasteiger partial charge in [0.05, 0.1) is 6.54 Å². The molecule has 0 aliphatic carbocycles. The number of benzene rings is 1. The average Bonchev–Trinajstić information content (AvgIpc) is 2.49. The van der Waals surface area contributed by atoms with Crippen LogP contribution in [0.2, 0.25) is 5.02 Å².